The van der Waals surface area contributed by atoms with E-state index in [9.17, 15) is 0 Å². The van der Waals surface area contributed by atoms with Crippen molar-refractivity contribution in [1.82, 2.24) is 0 Å². The van der Waals surface area contributed by atoms with E-state index in [-0.39, 0.29) is 6.10 Å². The van der Waals surface area contributed by atoms with Crippen molar-refractivity contribution in [3.8, 4) is 5.75 Å². The Morgan fingerprint density at radius 3 is 2.80 bits per heavy atom. The molecule has 0 N–H and O–H groups in total. The second-order valence-electron chi connectivity index (χ2n) is 5.62. The number of rotatable bonds is 0. The average molecular weight is 305 g/mol. The lowest BCUT2D eigenvalue weighted by Gasteiger charge is -2.38. The van der Waals surface area contributed by atoms with Gasteiger partial charge in [-0.3, -0.25) is 0 Å². The van der Waals surface area contributed by atoms with Crippen molar-refractivity contribution in [3.63, 3.8) is 0 Å². The normalized spacial score (nSPS) is 23.3. The molecule has 102 valence electrons. The maximum absolute atomic E-state index is 6.30. The molecule has 0 aromatic heterocycles. The van der Waals surface area contributed by atoms with Crippen molar-refractivity contribution in [3.05, 3.63) is 63.1 Å². The van der Waals surface area contributed by atoms with E-state index in [1.54, 1.807) is 6.07 Å². The van der Waals surface area contributed by atoms with E-state index in [2.05, 4.69) is 24.3 Å². The average Bonchev–Trinajstić information content (AvgIpc) is 2.45. The monoisotopic (exact) mass is 304 g/mol. The maximum atomic E-state index is 6.30. The summed E-state index contributed by atoms with van der Waals surface area (Å²) in [6, 6.07) is 12.3. The molecule has 0 unspecified atom stereocenters. The van der Waals surface area contributed by atoms with Gasteiger partial charge < -0.3 is 4.74 Å². The number of hydrogen-bond donors (Lipinski definition) is 0. The van der Waals surface area contributed by atoms with Crippen LogP contribution < -0.4 is 4.74 Å². The van der Waals surface area contributed by atoms with Crippen LogP contribution in [0.15, 0.2) is 36.4 Å². The first kappa shape index (κ1) is 12.6. The van der Waals surface area contributed by atoms with Gasteiger partial charge in [-0.15, -0.1) is 0 Å². The fraction of sp³-hybridized carbons (Fsp3) is 0.294. The molecule has 0 spiro atoms. The number of halogens is 2. The molecular formula is C17H14Cl2O. The Hall–Kier alpha value is -1.18. The molecule has 0 fully saturated rings. The van der Waals surface area contributed by atoms with Gasteiger partial charge in [0.1, 0.15) is 11.9 Å². The standard InChI is InChI=1S/C17H14Cl2O/c18-13-8-12-7-11-6-5-10-3-1-2-4-14(10)16(11)20-17(12)15(19)9-13/h1-4,8-9,11,16H,5-7H2/t11-,16+/m1/s1. The van der Waals surface area contributed by atoms with Crippen LogP contribution in [0.4, 0.5) is 0 Å². The van der Waals surface area contributed by atoms with Crippen LogP contribution in [-0.2, 0) is 12.8 Å². The predicted molar refractivity (Wildman–Crippen MR) is 81.8 cm³/mol. The lowest BCUT2D eigenvalue weighted by Crippen LogP contribution is -2.30. The molecule has 2 aliphatic rings. The molecular weight excluding hydrogens is 291 g/mol. The second-order valence-corrected chi connectivity index (χ2v) is 6.46. The Morgan fingerprint density at radius 2 is 1.90 bits per heavy atom. The van der Waals surface area contributed by atoms with Crippen LogP contribution in [0, 0.1) is 5.92 Å². The summed E-state index contributed by atoms with van der Waals surface area (Å²) in [7, 11) is 0. The van der Waals surface area contributed by atoms with E-state index in [0.29, 0.717) is 16.0 Å². The lowest BCUT2D eigenvalue weighted by atomic mass is 9.77. The zero-order valence-corrected chi connectivity index (χ0v) is 12.4. The van der Waals surface area contributed by atoms with Gasteiger partial charge in [-0.1, -0.05) is 47.5 Å². The minimum Gasteiger partial charge on any atom is -0.484 e. The van der Waals surface area contributed by atoms with E-state index in [4.69, 9.17) is 27.9 Å². The summed E-state index contributed by atoms with van der Waals surface area (Å²) in [6.07, 6.45) is 3.41. The fourth-order valence-corrected chi connectivity index (χ4v) is 4.04. The van der Waals surface area contributed by atoms with E-state index in [1.165, 1.54) is 11.1 Å². The first-order chi connectivity index (χ1) is 9.72. The summed E-state index contributed by atoms with van der Waals surface area (Å²) in [5, 5.41) is 1.31. The molecule has 4 rings (SSSR count). The third-order valence-corrected chi connectivity index (χ3v) is 4.89. The highest BCUT2D eigenvalue weighted by Gasteiger charge is 2.36. The Morgan fingerprint density at radius 1 is 1.05 bits per heavy atom. The van der Waals surface area contributed by atoms with Gasteiger partial charge >= 0.3 is 0 Å². The molecule has 0 saturated heterocycles. The van der Waals surface area contributed by atoms with Gasteiger partial charge in [-0.2, -0.15) is 0 Å². The first-order valence-corrected chi connectivity index (χ1v) is 7.70. The lowest BCUT2D eigenvalue weighted by molar-refractivity contribution is 0.0989. The van der Waals surface area contributed by atoms with E-state index in [0.717, 1.165) is 30.6 Å². The van der Waals surface area contributed by atoms with Crippen LogP contribution in [0.2, 0.25) is 10.0 Å². The van der Waals surface area contributed by atoms with Crippen molar-refractivity contribution in [1.29, 1.82) is 0 Å². The zero-order chi connectivity index (χ0) is 13.7. The summed E-state index contributed by atoms with van der Waals surface area (Å²) in [5.41, 5.74) is 3.87. The molecule has 0 radical (unpaired) electrons. The number of ether oxygens (including phenoxy) is 1. The molecule has 1 heterocycles. The summed E-state index contributed by atoms with van der Waals surface area (Å²) in [6.45, 7) is 0. The molecule has 2 aromatic rings. The zero-order valence-electron chi connectivity index (χ0n) is 10.9. The molecule has 2 aromatic carbocycles. The highest BCUT2D eigenvalue weighted by Crippen LogP contribution is 2.47. The number of fused-ring (bicyclic) bond motifs is 4. The highest BCUT2D eigenvalue weighted by molar-refractivity contribution is 6.35. The maximum Gasteiger partial charge on any atom is 0.142 e. The molecule has 0 bridgehead atoms. The largest absolute Gasteiger partial charge is 0.484 e. The molecule has 20 heavy (non-hydrogen) atoms. The topological polar surface area (TPSA) is 9.23 Å². The first-order valence-electron chi connectivity index (χ1n) is 6.95. The van der Waals surface area contributed by atoms with E-state index >= 15 is 0 Å². The van der Waals surface area contributed by atoms with Gasteiger partial charge in [0.25, 0.3) is 0 Å². The van der Waals surface area contributed by atoms with Gasteiger partial charge in [0.15, 0.2) is 0 Å². The van der Waals surface area contributed by atoms with Crippen molar-refractivity contribution >= 4 is 23.2 Å². The van der Waals surface area contributed by atoms with Crippen molar-refractivity contribution < 1.29 is 4.74 Å². The molecule has 0 saturated carbocycles. The van der Waals surface area contributed by atoms with Crippen LogP contribution in [0.1, 0.15) is 29.2 Å². The quantitative estimate of drug-likeness (QED) is 0.647. The minimum atomic E-state index is 0.131. The smallest absolute Gasteiger partial charge is 0.142 e. The highest BCUT2D eigenvalue weighted by atomic mass is 35.5. The van der Waals surface area contributed by atoms with Gasteiger partial charge in [0.2, 0.25) is 0 Å². The third-order valence-electron chi connectivity index (χ3n) is 4.39. The van der Waals surface area contributed by atoms with Gasteiger partial charge in [0, 0.05) is 10.9 Å². The van der Waals surface area contributed by atoms with Gasteiger partial charge in [0.05, 0.1) is 5.02 Å². The SMILES string of the molecule is Clc1cc(Cl)c2c(c1)C[C@H]1CCc3ccccc3[C@H]1O2. The van der Waals surface area contributed by atoms with Crippen molar-refractivity contribution in [2.75, 3.05) is 0 Å². The molecule has 3 heteroatoms. The summed E-state index contributed by atoms with van der Waals surface area (Å²) in [5.74, 6) is 1.33. The Bertz CT molecular complexity index is 681. The molecule has 1 aliphatic heterocycles. The van der Waals surface area contributed by atoms with Crippen molar-refractivity contribution in [2.45, 2.75) is 25.4 Å². The molecule has 2 atom stereocenters. The van der Waals surface area contributed by atoms with Gasteiger partial charge in [-0.05, 0) is 48.1 Å². The second kappa shape index (κ2) is 4.68. The number of benzene rings is 2. The Kier molecular flexibility index (Phi) is 2.94. The molecule has 1 nitrogen and oxygen atoms in total. The summed E-state index contributed by atoms with van der Waals surface area (Å²) < 4.78 is 6.26. The summed E-state index contributed by atoms with van der Waals surface area (Å²) in [4.78, 5) is 0. The molecule has 0 amide bonds. The summed E-state index contributed by atoms with van der Waals surface area (Å²) >= 11 is 12.4. The Balaban J connectivity index is 1.80. The number of aryl methyl sites for hydroxylation is 1. The fourth-order valence-electron chi connectivity index (χ4n) is 3.46. The van der Waals surface area contributed by atoms with Crippen LogP contribution in [0.25, 0.3) is 0 Å². The predicted octanol–water partition coefficient (Wildman–Crippen LogP) is 5.23. The van der Waals surface area contributed by atoms with Crippen LogP contribution >= 0.6 is 23.2 Å². The minimum absolute atomic E-state index is 0.131. The van der Waals surface area contributed by atoms with Gasteiger partial charge in [-0.25, -0.2) is 0 Å². The third kappa shape index (κ3) is 1.92. The van der Waals surface area contributed by atoms with Crippen LogP contribution in [0.3, 0.4) is 0 Å². The van der Waals surface area contributed by atoms with E-state index < -0.39 is 0 Å². The van der Waals surface area contributed by atoms with E-state index in [1.807, 2.05) is 6.07 Å². The molecule has 1 aliphatic carbocycles. The van der Waals surface area contributed by atoms with Crippen LogP contribution in [0.5, 0.6) is 5.75 Å². The van der Waals surface area contributed by atoms with Crippen molar-refractivity contribution in [2.24, 2.45) is 5.92 Å². The van der Waals surface area contributed by atoms with Crippen LogP contribution in [-0.4, -0.2) is 0 Å². The Labute approximate surface area is 128 Å². The number of hydrogen-bond acceptors (Lipinski definition) is 1.